The number of para-hydroxylation sites is 1. The normalized spacial score (nSPS) is 11.8. The molecule has 5 rings (SSSR count). The average molecular weight is 522 g/mol. The van der Waals surface area contributed by atoms with Crippen molar-refractivity contribution in [3.63, 3.8) is 0 Å². The van der Waals surface area contributed by atoms with Gasteiger partial charge >= 0.3 is 0 Å². The molecule has 0 amide bonds. The van der Waals surface area contributed by atoms with E-state index >= 15 is 0 Å². The SMILES string of the molecule is CC(=O)c1ccc(C(=N)c2c(N)ncnc2NC(C)c2oc3ccccc3c(=O)c2-c2cccc(F)c2)cc1. The minimum atomic E-state index is -0.651. The number of rotatable bonds is 7. The zero-order valence-electron chi connectivity index (χ0n) is 21.2. The summed E-state index contributed by atoms with van der Waals surface area (Å²) in [6, 6.07) is 18.5. The van der Waals surface area contributed by atoms with Gasteiger partial charge in [-0.3, -0.25) is 15.0 Å². The molecule has 0 radical (unpaired) electrons. The number of ketones is 1. The topological polar surface area (TPSA) is 135 Å². The molecule has 39 heavy (non-hydrogen) atoms. The fraction of sp³-hybridized carbons (Fsp3) is 0.100. The second kappa shape index (κ2) is 10.3. The van der Waals surface area contributed by atoms with Crippen molar-refractivity contribution in [3.8, 4) is 11.1 Å². The predicted octanol–water partition coefficient (Wildman–Crippen LogP) is 5.76. The molecule has 0 aliphatic carbocycles. The lowest BCUT2D eigenvalue weighted by Crippen LogP contribution is -2.18. The fourth-order valence-electron chi connectivity index (χ4n) is 4.42. The van der Waals surface area contributed by atoms with Crippen LogP contribution in [0.4, 0.5) is 16.0 Å². The van der Waals surface area contributed by atoms with Crippen molar-refractivity contribution in [3.05, 3.63) is 118 Å². The highest BCUT2D eigenvalue weighted by atomic mass is 19.1. The van der Waals surface area contributed by atoms with Gasteiger partial charge in [-0.2, -0.15) is 0 Å². The largest absolute Gasteiger partial charge is 0.458 e. The number of fused-ring (bicyclic) bond motifs is 1. The van der Waals surface area contributed by atoms with E-state index in [-0.39, 0.29) is 45.4 Å². The first-order chi connectivity index (χ1) is 18.7. The number of nitrogens with one attached hydrogen (secondary N) is 2. The molecule has 0 bridgehead atoms. The lowest BCUT2D eigenvalue weighted by Gasteiger charge is -2.20. The molecule has 194 valence electrons. The van der Waals surface area contributed by atoms with Gasteiger partial charge in [0, 0.05) is 11.1 Å². The number of benzene rings is 3. The van der Waals surface area contributed by atoms with Crippen LogP contribution >= 0.6 is 0 Å². The number of nitrogen functional groups attached to an aromatic ring is 1. The Bertz CT molecular complexity index is 1800. The van der Waals surface area contributed by atoms with Crippen molar-refractivity contribution in [2.24, 2.45) is 0 Å². The van der Waals surface area contributed by atoms with E-state index < -0.39 is 11.9 Å². The molecule has 1 atom stereocenters. The highest BCUT2D eigenvalue weighted by Gasteiger charge is 2.24. The smallest absolute Gasteiger partial charge is 0.200 e. The van der Waals surface area contributed by atoms with E-state index in [1.807, 2.05) is 0 Å². The zero-order valence-corrected chi connectivity index (χ0v) is 21.2. The molecule has 1 unspecified atom stereocenters. The van der Waals surface area contributed by atoms with Gasteiger partial charge in [0.2, 0.25) is 5.43 Å². The maximum Gasteiger partial charge on any atom is 0.200 e. The Labute approximate surface area is 222 Å². The first-order valence-electron chi connectivity index (χ1n) is 12.1. The van der Waals surface area contributed by atoms with E-state index in [9.17, 15) is 14.0 Å². The Hall–Kier alpha value is -5.18. The first-order valence-corrected chi connectivity index (χ1v) is 12.1. The van der Waals surface area contributed by atoms with Gasteiger partial charge in [-0.25, -0.2) is 14.4 Å². The standard InChI is InChI=1S/C30H24FN5O3/c1-16(28-24(20-6-5-7-21(31)14-20)27(38)22-8-3-4-9-23(22)39-28)36-30-25(29(33)34-15-35-30)26(32)19-12-10-18(11-13-19)17(2)37/h3-16,32H,1-2H3,(H3,33,34,35,36). The fourth-order valence-corrected chi connectivity index (χ4v) is 4.42. The van der Waals surface area contributed by atoms with Crippen LogP contribution in [0.25, 0.3) is 22.1 Å². The summed E-state index contributed by atoms with van der Waals surface area (Å²) in [7, 11) is 0. The summed E-state index contributed by atoms with van der Waals surface area (Å²) in [6.45, 7) is 3.24. The van der Waals surface area contributed by atoms with Crippen LogP contribution in [0, 0.1) is 11.2 Å². The van der Waals surface area contributed by atoms with E-state index in [0.29, 0.717) is 27.7 Å². The zero-order chi connectivity index (χ0) is 27.7. The number of anilines is 2. The number of nitrogens with zero attached hydrogens (tertiary/aromatic N) is 2. The summed E-state index contributed by atoms with van der Waals surface area (Å²) in [6.07, 6.45) is 1.27. The van der Waals surface area contributed by atoms with Crippen LogP contribution < -0.4 is 16.5 Å². The van der Waals surface area contributed by atoms with Crippen molar-refractivity contribution >= 4 is 34.1 Å². The third kappa shape index (κ3) is 4.89. The van der Waals surface area contributed by atoms with Crippen LogP contribution in [-0.2, 0) is 0 Å². The summed E-state index contributed by atoms with van der Waals surface area (Å²) in [4.78, 5) is 33.6. The van der Waals surface area contributed by atoms with Crippen LogP contribution in [0.3, 0.4) is 0 Å². The van der Waals surface area contributed by atoms with Gasteiger partial charge in [-0.1, -0.05) is 48.5 Å². The second-order valence-electron chi connectivity index (χ2n) is 9.03. The van der Waals surface area contributed by atoms with Crippen molar-refractivity contribution in [1.82, 2.24) is 9.97 Å². The van der Waals surface area contributed by atoms with Crippen LogP contribution in [0.15, 0.2) is 88.3 Å². The number of hydrogen-bond acceptors (Lipinski definition) is 8. The number of Topliss-reactive ketones (excluding diaryl/α,β-unsaturated/α-hetero) is 1. The molecular formula is C30H24FN5O3. The molecule has 5 aromatic rings. The molecule has 9 heteroatoms. The molecule has 0 aliphatic rings. The molecule has 2 aromatic heterocycles. The van der Waals surface area contributed by atoms with Crippen LogP contribution in [0.1, 0.15) is 47.1 Å². The lowest BCUT2D eigenvalue weighted by molar-refractivity contribution is 0.101. The summed E-state index contributed by atoms with van der Waals surface area (Å²) < 4.78 is 20.4. The number of halogens is 1. The molecule has 0 saturated heterocycles. The Balaban J connectivity index is 1.60. The second-order valence-corrected chi connectivity index (χ2v) is 9.03. The van der Waals surface area contributed by atoms with Gasteiger partial charge in [-0.05, 0) is 43.7 Å². The Morgan fingerprint density at radius 2 is 1.74 bits per heavy atom. The number of hydrogen-bond donors (Lipinski definition) is 3. The van der Waals surface area contributed by atoms with E-state index in [2.05, 4.69) is 15.3 Å². The third-order valence-corrected chi connectivity index (χ3v) is 6.39. The molecule has 4 N–H and O–H groups in total. The summed E-state index contributed by atoms with van der Waals surface area (Å²) in [5, 5.41) is 12.4. The van der Waals surface area contributed by atoms with Crippen molar-refractivity contribution in [2.45, 2.75) is 19.9 Å². The van der Waals surface area contributed by atoms with Crippen LogP contribution in [0.2, 0.25) is 0 Å². The molecule has 0 fully saturated rings. The number of carbonyl (C=O) groups excluding carboxylic acids is 1. The van der Waals surface area contributed by atoms with Crippen molar-refractivity contribution in [1.29, 1.82) is 5.41 Å². The monoisotopic (exact) mass is 521 g/mol. The van der Waals surface area contributed by atoms with Crippen LogP contribution in [-0.4, -0.2) is 21.5 Å². The van der Waals surface area contributed by atoms with Crippen molar-refractivity contribution < 1.29 is 13.6 Å². The van der Waals surface area contributed by atoms with Gasteiger partial charge in [-0.15, -0.1) is 0 Å². The molecular weight excluding hydrogens is 497 g/mol. The highest BCUT2D eigenvalue weighted by molar-refractivity contribution is 6.16. The van der Waals surface area contributed by atoms with Gasteiger partial charge in [0.05, 0.1) is 28.3 Å². The van der Waals surface area contributed by atoms with E-state index in [0.717, 1.165) is 0 Å². The van der Waals surface area contributed by atoms with E-state index in [4.69, 9.17) is 15.6 Å². The minimum Gasteiger partial charge on any atom is -0.458 e. The Kier molecular flexibility index (Phi) is 6.72. The predicted molar refractivity (Wildman–Crippen MR) is 149 cm³/mol. The summed E-state index contributed by atoms with van der Waals surface area (Å²) >= 11 is 0. The molecule has 3 aromatic carbocycles. The van der Waals surface area contributed by atoms with E-state index in [1.54, 1.807) is 61.5 Å². The van der Waals surface area contributed by atoms with Crippen molar-refractivity contribution in [2.75, 3.05) is 11.1 Å². The van der Waals surface area contributed by atoms with Crippen LogP contribution in [0.5, 0.6) is 0 Å². The third-order valence-electron chi connectivity index (χ3n) is 6.39. The van der Waals surface area contributed by atoms with Gasteiger partial charge in [0.15, 0.2) is 5.78 Å². The maximum absolute atomic E-state index is 14.2. The van der Waals surface area contributed by atoms with E-state index in [1.165, 1.54) is 31.5 Å². The number of carbonyl (C=O) groups is 1. The molecule has 8 nitrogen and oxygen atoms in total. The number of aromatic nitrogens is 2. The Morgan fingerprint density at radius 1 is 1.03 bits per heavy atom. The minimum absolute atomic E-state index is 0.0446. The molecule has 0 spiro atoms. The summed E-state index contributed by atoms with van der Waals surface area (Å²) in [5.74, 6) is 0.0200. The Morgan fingerprint density at radius 3 is 2.46 bits per heavy atom. The highest BCUT2D eigenvalue weighted by Crippen LogP contribution is 2.32. The summed E-state index contributed by atoms with van der Waals surface area (Å²) in [5.41, 5.74) is 8.18. The quantitative estimate of drug-likeness (QED) is 0.183. The molecule has 2 heterocycles. The lowest BCUT2D eigenvalue weighted by atomic mass is 9.98. The number of nitrogens with two attached hydrogens (primary N) is 1. The van der Waals surface area contributed by atoms with Gasteiger partial charge in [0.25, 0.3) is 0 Å². The first kappa shape index (κ1) is 25.5. The maximum atomic E-state index is 14.2. The molecule has 0 aliphatic heterocycles. The van der Waals surface area contributed by atoms with Gasteiger partial charge < -0.3 is 15.5 Å². The average Bonchev–Trinajstić information content (AvgIpc) is 2.93. The van der Waals surface area contributed by atoms with Gasteiger partial charge in [0.1, 0.15) is 35.1 Å². The molecule has 0 saturated carbocycles.